The van der Waals surface area contributed by atoms with Gasteiger partial charge in [-0.05, 0) is 28.2 Å². The Kier molecular flexibility index (Phi) is 1.67. The Morgan fingerprint density at radius 1 is 1.07 bits per heavy atom. The molecule has 1 heteroatoms. The first kappa shape index (κ1) is 9.17. The summed E-state index contributed by atoms with van der Waals surface area (Å²) in [5.74, 6) is 0. The maximum Gasteiger partial charge on any atom is 0.106 e. The van der Waals surface area contributed by atoms with Gasteiger partial charge in [0, 0.05) is 0 Å². The van der Waals surface area contributed by atoms with Gasteiger partial charge in [0.25, 0.3) is 0 Å². The van der Waals surface area contributed by atoms with Crippen molar-refractivity contribution in [2.45, 2.75) is 33.0 Å². The van der Waals surface area contributed by atoms with Gasteiger partial charge in [-0.25, -0.2) is 0 Å². The molecule has 0 N–H and O–H groups in total. The standard InChI is InChI=1S/C14H16O/c1-14(2,3)11-8-12-9-6-4-5-7-10(9)13(11)15-12/h4-8,12-13H,1-3H3. The SMILES string of the molecule is CC(C)(C)C1=CC2OC1c1ccccc12. The van der Waals surface area contributed by atoms with Crippen LogP contribution in [-0.2, 0) is 4.74 Å². The first-order valence-electron chi connectivity index (χ1n) is 5.54. The van der Waals surface area contributed by atoms with Crippen LogP contribution in [0.15, 0.2) is 35.9 Å². The molecule has 2 aliphatic heterocycles. The van der Waals surface area contributed by atoms with Gasteiger partial charge in [0.05, 0.1) is 0 Å². The van der Waals surface area contributed by atoms with Crippen molar-refractivity contribution < 1.29 is 4.74 Å². The Morgan fingerprint density at radius 2 is 1.73 bits per heavy atom. The molecule has 15 heavy (non-hydrogen) atoms. The number of hydrogen-bond donors (Lipinski definition) is 0. The molecule has 2 aliphatic rings. The monoisotopic (exact) mass is 200 g/mol. The van der Waals surface area contributed by atoms with Crippen LogP contribution in [-0.4, -0.2) is 0 Å². The summed E-state index contributed by atoms with van der Waals surface area (Å²) in [5, 5.41) is 0. The number of benzene rings is 1. The van der Waals surface area contributed by atoms with Crippen LogP contribution in [0.2, 0.25) is 0 Å². The predicted octanol–water partition coefficient (Wildman–Crippen LogP) is 3.79. The van der Waals surface area contributed by atoms with Crippen LogP contribution in [0, 0.1) is 5.41 Å². The van der Waals surface area contributed by atoms with Crippen molar-refractivity contribution in [3.63, 3.8) is 0 Å². The fourth-order valence-electron chi connectivity index (χ4n) is 2.57. The second-order valence-corrected chi connectivity index (χ2v) is 5.44. The lowest BCUT2D eigenvalue weighted by molar-refractivity contribution is 0.0759. The number of ether oxygens (including phenoxy) is 1. The largest absolute Gasteiger partial charge is 0.357 e. The molecule has 2 heterocycles. The molecule has 0 spiro atoms. The van der Waals surface area contributed by atoms with Gasteiger partial charge in [0.1, 0.15) is 12.2 Å². The third kappa shape index (κ3) is 1.19. The van der Waals surface area contributed by atoms with Gasteiger partial charge in [-0.1, -0.05) is 45.0 Å². The van der Waals surface area contributed by atoms with Crippen molar-refractivity contribution in [1.29, 1.82) is 0 Å². The fourth-order valence-corrected chi connectivity index (χ4v) is 2.57. The summed E-state index contributed by atoms with van der Waals surface area (Å²) in [5.41, 5.74) is 4.38. The normalized spacial score (nSPS) is 27.8. The average molecular weight is 200 g/mol. The Balaban J connectivity index is 2.09. The summed E-state index contributed by atoms with van der Waals surface area (Å²) in [6.45, 7) is 6.77. The van der Waals surface area contributed by atoms with Gasteiger partial charge >= 0.3 is 0 Å². The topological polar surface area (TPSA) is 9.23 Å². The van der Waals surface area contributed by atoms with E-state index < -0.39 is 0 Å². The fraction of sp³-hybridized carbons (Fsp3) is 0.429. The minimum absolute atomic E-state index is 0.209. The molecule has 0 amide bonds. The van der Waals surface area contributed by atoms with Crippen molar-refractivity contribution in [2.75, 3.05) is 0 Å². The first-order chi connectivity index (χ1) is 7.07. The third-order valence-corrected chi connectivity index (χ3v) is 3.35. The molecule has 0 radical (unpaired) electrons. The van der Waals surface area contributed by atoms with Crippen molar-refractivity contribution in [1.82, 2.24) is 0 Å². The highest BCUT2D eigenvalue weighted by Gasteiger charge is 2.42. The summed E-state index contributed by atoms with van der Waals surface area (Å²) in [7, 11) is 0. The Morgan fingerprint density at radius 3 is 2.40 bits per heavy atom. The van der Waals surface area contributed by atoms with Crippen LogP contribution < -0.4 is 0 Å². The van der Waals surface area contributed by atoms with Crippen LogP contribution in [0.5, 0.6) is 0 Å². The van der Waals surface area contributed by atoms with E-state index in [-0.39, 0.29) is 17.6 Å². The van der Waals surface area contributed by atoms with E-state index in [1.807, 2.05) is 0 Å². The van der Waals surface area contributed by atoms with E-state index in [1.54, 1.807) is 0 Å². The minimum atomic E-state index is 0.209. The van der Waals surface area contributed by atoms with Gasteiger partial charge in [0.2, 0.25) is 0 Å². The zero-order valence-corrected chi connectivity index (χ0v) is 9.45. The molecular formula is C14H16O. The van der Waals surface area contributed by atoms with Crippen LogP contribution in [0.25, 0.3) is 0 Å². The Hall–Kier alpha value is -1.08. The van der Waals surface area contributed by atoms with E-state index in [0.29, 0.717) is 0 Å². The second-order valence-electron chi connectivity index (χ2n) is 5.44. The van der Waals surface area contributed by atoms with Crippen LogP contribution >= 0.6 is 0 Å². The number of hydrogen-bond acceptors (Lipinski definition) is 1. The summed E-state index contributed by atoms with van der Waals surface area (Å²) in [6, 6.07) is 8.56. The van der Waals surface area contributed by atoms with Gasteiger partial charge in [-0.3, -0.25) is 0 Å². The number of rotatable bonds is 0. The van der Waals surface area contributed by atoms with E-state index in [1.165, 1.54) is 16.7 Å². The molecule has 0 saturated heterocycles. The molecule has 2 bridgehead atoms. The summed E-state index contributed by atoms with van der Waals surface area (Å²) < 4.78 is 5.99. The third-order valence-electron chi connectivity index (χ3n) is 3.35. The molecule has 1 nitrogen and oxygen atoms in total. The second kappa shape index (κ2) is 2.73. The highest BCUT2D eigenvalue weighted by Crippen LogP contribution is 2.54. The molecule has 2 atom stereocenters. The quantitative estimate of drug-likeness (QED) is 0.579. The number of fused-ring (bicyclic) bond motifs is 5. The lowest BCUT2D eigenvalue weighted by Crippen LogP contribution is -2.15. The molecule has 78 valence electrons. The highest BCUT2D eigenvalue weighted by molar-refractivity contribution is 5.47. The van der Waals surface area contributed by atoms with Crippen molar-refractivity contribution in [3.8, 4) is 0 Å². The van der Waals surface area contributed by atoms with Crippen molar-refractivity contribution in [3.05, 3.63) is 47.0 Å². The maximum absolute atomic E-state index is 5.99. The molecule has 0 fully saturated rings. The van der Waals surface area contributed by atoms with E-state index in [9.17, 15) is 0 Å². The van der Waals surface area contributed by atoms with Crippen molar-refractivity contribution in [2.24, 2.45) is 5.41 Å². The summed E-state index contributed by atoms with van der Waals surface area (Å²) in [4.78, 5) is 0. The Labute approximate surface area is 90.8 Å². The molecule has 0 saturated carbocycles. The van der Waals surface area contributed by atoms with Crippen LogP contribution in [0.4, 0.5) is 0 Å². The van der Waals surface area contributed by atoms with Gasteiger partial charge in [0.15, 0.2) is 0 Å². The van der Waals surface area contributed by atoms with Gasteiger partial charge in [-0.15, -0.1) is 0 Å². The predicted molar refractivity (Wildman–Crippen MR) is 60.5 cm³/mol. The maximum atomic E-state index is 5.99. The smallest absolute Gasteiger partial charge is 0.106 e. The molecule has 1 aromatic carbocycles. The van der Waals surface area contributed by atoms with E-state index >= 15 is 0 Å². The molecular weight excluding hydrogens is 184 g/mol. The summed E-state index contributed by atoms with van der Waals surface area (Å²) in [6.07, 6.45) is 2.72. The van der Waals surface area contributed by atoms with E-state index in [2.05, 4.69) is 51.1 Å². The molecule has 2 unspecified atom stereocenters. The average Bonchev–Trinajstić information content (AvgIpc) is 2.74. The molecule has 0 aromatic heterocycles. The molecule has 1 aromatic rings. The lowest BCUT2D eigenvalue weighted by atomic mass is 9.78. The highest BCUT2D eigenvalue weighted by atomic mass is 16.5. The zero-order chi connectivity index (χ0) is 10.6. The molecule has 0 aliphatic carbocycles. The van der Waals surface area contributed by atoms with Gasteiger partial charge in [-0.2, -0.15) is 0 Å². The minimum Gasteiger partial charge on any atom is -0.357 e. The van der Waals surface area contributed by atoms with Crippen LogP contribution in [0.3, 0.4) is 0 Å². The first-order valence-corrected chi connectivity index (χ1v) is 5.54. The molecule has 3 rings (SSSR count). The zero-order valence-electron chi connectivity index (χ0n) is 9.45. The van der Waals surface area contributed by atoms with Crippen molar-refractivity contribution >= 4 is 0 Å². The van der Waals surface area contributed by atoms with Gasteiger partial charge < -0.3 is 4.74 Å². The van der Waals surface area contributed by atoms with E-state index in [0.717, 1.165) is 0 Å². The Bertz CT molecular complexity index is 437. The summed E-state index contributed by atoms with van der Waals surface area (Å²) >= 11 is 0. The lowest BCUT2D eigenvalue weighted by Gasteiger charge is -2.26. The van der Waals surface area contributed by atoms with E-state index in [4.69, 9.17) is 4.74 Å². The van der Waals surface area contributed by atoms with Crippen LogP contribution in [0.1, 0.15) is 44.1 Å².